The third-order valence-corrected chi connectivity index (χ3v) is 11.3. The SMILES string of the molecule is CCOC(=O)C1(O[Si](C)(C)C)C(=O)O[C@@H]([C@H](C)N=[N+]=[N-])[C@@H]1CO[Si](CC)(CC)CC. The highest BCUT2D eigenvalue weighted by Gasteiger charge is 2.67. The van der Waals surface area contributed by atoms with Gasteiger partial charge in [0.15, 0.2) is 16.6 Å². The molecule has 1 fully saturated rings. The van der Waals surface area contributed by atoms with E-state index in [1.165, 1.54) is 0 Å². The average Bonchev–Trinajstić information content (AvgIpc) is 2.95. The molecule has 0 spiro atoms. The van der Waals surface area contributed by atoms with Gasteiger partial charge in [-0.1, -0.05) is 32.8 Å². The first kappa shape index (κ1) is 26.6. The molecule has 1 heterocycles. The largest absolute Gasteiger partial charge is 0.463 e. The van der Waals surface area contributed by atoms with Crippen LogP contribution in [0.2, 0.25) is 37.8 Å². The summed E-state index contributed by atoms with van der Waals surface area (Å²) in [6, 6.07) is 2.06. The Morgan fingerprint density at radius 1 is 1.23 bits per heavy atom. The Balaban J connectivity index is 3.52. The molecule has 0 aliphatic carbocycles. The molecular formula is C19H37N3O6Si2. The van der Waals surface area contributed by atoms with E-state index >= 15 is 0 Å². The lowest BCUT2D eigenvalue weighted by atomic mass is 9.84. The van der Waals surface area contributed by atoms with Crippen LogP contribution in [-0.2, 0) is 27.9 Å². The Kier molecular flexibility index (Phi) is 9.56. The topological polar surface area (TPSA) is 120 Å². The second kappa shape index (κ2) is 10.8. The van der Waals surface area contributed by atoms with Gasteiger partial charge in [0.2, 0.25) is 0 Å². The van der Waals surface area contributed by atoms with Crippen LogP contribution in [0.4, 0.5) is 0 Å². The molecule has 1 aliphatic rings. The van der Waals surface area contributed by atoms with Crippen molar-refractivity contribution in [2.75, 3.05) is 13.2 Å². The third kappa shape index (κ3) is 5.64. The number of rotatable bonds is 12. The minimum Gasteiger partial charge on any atom is -0.463 e. The minimum atomic E-state index is -2.40. The van der Waals surface area contributed by atoms with E-state index in [-0.39, 0.29) is 13.2 Å². The van der Waals surface area contributed by atoms with E-state index < -0.39 is 52.2 Å². The summed E-state index contributed by atoms with van der Waals surface area (Å²) >= 11 is 0. The van der Waals surface area contributed by atoms with Crippen LogP contribution >= 0.6 is 0 Å². The van der Waals surface area contributed by atoms with Crippen molar-refractivity contribution in [2.45, 2.75) is 90.1 Å². The van der Waals surface area contributed by atoms with E-state index in [0.717, 1.165) is 18.1 Å². The molecule has 0 aromatic carbocycles. The van der Waals surface area contributed by atoms with Crippen molar-refractivity contribution < 1.29 is 27.9 Å². The number of hydrogen-bond acceptors (Lipinski definition) is 7. The molecule has 11 heteroatoms. The molecule has 0 radical (unpaired) electrons. The summed E-state index contributed by atoms with van der Waals surface area (Å²) in [6.07, 6.45) is -0.841. The molecule has 0 bridgehead atoms. The van der Waals surface area contributed by atoms with Gasteiger partial charge in [-0.2, -0.15) is 0 Å². The Morgan fingerprint density at radius 2 is 1.80 bits per heavy atom. The highest BCUT2D eigenvalue weighted by Crippen LogP contribution is 2.42. The number of carbonyl (C=O) groups excluding carboxylic acids is 2. The Bertz CT molecular complexity index is 653. The quantitative estimate of drug-likeness (QED) is 0.106. The van der Waals surface area contributed by atoms with Crippen LogP contribution in [0, 0.1) is 5.92 Å². The molecule has 1 rings (SSSR count). The number of carbonyl (C=O) groups is 2. The summed E-state index contributed by atoms with van der Waals surface area (Å²) in [4.78, 5) is 29.2. The fraction of sp³-hybridized carbons (Fsp3) is 0.895. The van der Waals surface area contributed by atoms with Crippen molar-refractivity contribution in [1.29, 1.82) is 0 Å². The van der Waals surface area contributed by atoms with Crippen molar-refractivity contribution in [3.63, 3.8) is 0 Å². The van der Waals surface area contributed by atoms with Gasteiger partial charge in [0.25, 0.3) is 5.60 Å². The standard InChI is InChI=1S/C19H37N3O6Si2/c1-9-25-17(23)19(28-29(6,7)8)15(13-26-30(10-2,11-3)12-4)16(27-18(19)24)14(5)21-22-20/h14-16H,9-13H2,1-8H3/t14-,15-,16-,19?/m0/s1. The molecule has 0 N–H and O–H groups in total. The van der Waals surface area contributed by atoms with Crippen molar-refractivity contribution >= 4 is 28.6 Å². The van der Waals surface area contributed by atoms with Crippen molar-refractivity contribution in [3.8, 4) is 0 Å². The van der Waals surface area contributed by atoms with Gasteiger partial charge in [-0.05, 0) is 50.2 Å². The average molecular weight is 460 g/mol. The summed E-state index contributed by atoms with van der Waals surface area (Å²) in [7, 11) is -4.43. The zero-order chi connectivity index (χ0) is 23.2. The zero-order valence-corrected chi connectivity index (χ0v) is 21.6. The smallest absolute Gasteiger partial charge is 0.350 e. The summed E-state index contributed by atoms with van der Waals surface area (Å²) in [5.74, 6) is -2.33. The van der Waals surface area contributed by atoms with Gasteiger partial charge in [-0.3, -0.25) is 0 Å². The highest BCUT2D eigenvalue weighted by atomic mass is 28.4. The predicted octanol–water partition coefficient (Wildman–Crippen LogP) is 4.40. The number of ether oxygens (including phenoxy) is 2. The molecule has 0 aromatic heterocycles. The summed E-state index contributed by atoms with van der Waals surface area (Å²) < 4.78 is 23.6. The Morgan fingerprint density at radius 3 is 2.23 bits per heavy atom. The minimum absolute atomic E-state index is 0.102. The Hall–Kier alpha value is -1.40. The molecular weight excluding hydrogens is 422 g/mol. The van der Waals surface area contributed by atoms with Crippen LogP contribution in [0.15, 0.2) is 5.11 Å². The van der Waals surface area contributed by atoms with Crippen LogP contribution in [-0.4, -0.2) is 59.5 Å². The molecule has 1 saturated heterocycles. The monoisotopic (exact) mass is 459 g/mol. The molecule has 1 unspecified atom stereocenters. The number of cyclic esters (lactones) is 1. The van der Waals surface area contributed by atoms with Crippen molar-refractivity contribution in [1.82, 2.24) is 0 Å². The van der Waals surface area contributed by atoms with E-state index in [4.69, 9.17) is 23.9 Å². The highest BCUT2D eigenvalue weighted by molar-refractivity contribution is 6.73. The van der Waals surface area contributed by atoms with Crippen LogP contribution in [0.25, 0.3) is 10.4 Å². The van der Waals surface area contributed by atoms with Crippen LogP contribution in [0.3, 0.4) is 0 Å². The van der Waals surface area contributed by atoms with E-state index in [9.17, 15) is 9.59 Å². The molecule has 9 nitrogen and oxygen atoms in total. The predicted molar refractivity (Wildman–Crippen MR) is 119 cm³/mol. The zero-order valence-electron chi connectivity index (χ0n) is 19.6. The van der Waals surface area contributed by atoms with E-state index in [0.29, 0.717) is 0 Å². The maximum Gasteiger partial charge on any atom is 0.350 e. The second-order valence-electron chi connectivity index (χ2n) is 8.65. The van der Waals surface area contributed by atoms with E-state index in [1.807, 2.05) is 19.6 Å². The van der Waals surface area contributed by atoms with Crippen molar-refractivity contribution in [2.24, 2.45) is 11.0 Å². The fourth-order valence-electron chi connectivity index (χ4n) is 3.91. The lowest BCUT2D eigenvalue weighted by Crippen LogP contribution is -2.59. The van der Waals surface area contributed by atoms with Crippen molar-refractivity contribution in [3.05, 3.63) is 10.4 Å². The number of nitrogens with zero attached hydrogens (tertiary/aromatic N) is 3. The van der Waals surface area contributed by atoms with Gasteiger partial charge in [-0.15, -0.1) is 0 Å². The third-order valence-electron chi connectivity index (χ3n) is 5.72. The summed E-state index contributed by atoms with van der Waals surface area (Å²) in [5.41, 5.74) is 6.99. The van der Waals surface area contributed by atoms with Gasteiger partial charge >= 0.3 is 11.9 Å². The van der Waals surface area contributed by atoms with Gasteiger partial charge in [0.1, 0.15) is 6.10 Å². The van der Waals surface area contributed by atoms with Gasteiger partial charge in [0, 0.05) is 11.5 Å². The lowest BCUT2D eigenvalue weighted by molar-refractivity contribution is -0.175. The van der Waals surface area contributed by atoms with Gasteiger partial charge < -0.3 is 18.3 Å². The Labute approximate surface area is 181 Å². The van der Waals surface area contributed by atoms with Crippen LogP contribution < -0.4 is 0 Å². The first-order valence-electron chi connectivity index (χ1n) is 10.7. The molecule has 1 aliphatic heterocycles. The van der Waals surface area contributed by atoms with E-state index in [2.05, 4.69) is 30.8 Å². The van der Waals surface area contributed by atoms with E-state index in [1.54, 1.807) is 13.8 Å². The van der Waals surface area contributed by atoms with Crippen LogP contribution in [0.1, 0.15) is 34.6 Å². The second-order valence-corrected chi connectivity index (χ2v) is 17.9. The number of hydrogen-bond donors (Lipinski definition) is 0. The summed E-state index contributed by atoms with van der Waals surface area (Å²) in [5, 5.41) is 3.73. The van der Waals surface area contributed by atoms with Gasteiger partial charge in [-0.25, -0.2) is 9.59 Å². The number of azide groups is 1. The maximum atomic E-state index is 13.2. The normalized spacial score (nSPS) is 25.4. The summed E-state index contributed by atoms with van der Waals surface area (Å²) in [6.45, 7) is 15.5. The maximum absolute atomic E-state index is 13.2. The molecule has 0 aromatic rings. The first-order valence-corrected chi connectivity index (χ1v) is 16.7. The molecule has 4 atom stereocenters. The fourth-order valence-corrected chi connectivity index (χ4v) is 7.84. The van der Waals surface area contributed by atoms with Gasteiger partial charge in [0.05, 0.1) is 18.6 Å². The number of esters is 2. The first-order chi connectivity index (χ1) is 14.0. The molecule has 0 saturated carbocycles. The molecule has 30 heavy (non-hydrogen) atoms. The van der Waals surface area contributed by atoms with Crippen LogP contribution in [0.5, 0.6) is 0 Å². The molecule has 0 amide bonds. The lowest BCUT2D eigenvalue weighted by Gasteiger charge is -2.38. The molecule has 172 valence electrons.